The fraction of sp³-hybridized carbons (Fsp3) is 0.615. The summed E-state index contributed by atoms with van der Waals surface area (Å²) < 4.78 is 5.45. The quantitative estimate of drug-likeness (QED) is 0.868. The molecule has 1 saturated heterocycles. The number of aryl methyl sites for hydroxylation is 1. The second-order valence-electron chi connectivity index (χ2n) is 5.17. The van der Waals surface area contributed by atoms with E-state index in [2.05, 4.69) is 13.8 Å². The van der Waals surface area contributed by atoms with Crippen LogP contribution in [0, 0.1) is 5.92 Å². The molecule has 2 heterocycles. The Hall–Kier alpha value is -1.29. The SMILES string of the molecule is CCc1ccc(C(=O)N2CC(N)(C(C)C)C2)o1. The van der Waals surface area contributed by atoms with E-state index in [1.54, 1.807) is 11.0 Å². The van der Waals surface area contributed by atoms with E-state index < -0.39 is 0 Å². The number of furan rings is 1. The zero-order chi connectivity index (χ0) is 12.6. The van der Waals surface area contributed by atoms with Crippen LogP contribution in [0.4, 0.5) is 0 Å². The largest absolute Gasteiger partial charge is 0.456 e. The van der Waals surface area contributed by atoms with Crippen LogP contribution in [-0.4, -0.2) is 29.4 Å². The summed E-state index contributed by atoms with van der Waals surface area (Å²) in [5, 5.41) is 0. The molecule has 4 heteroatoms. The van der Waals surface area contributed by atoms with E-state index in [4.69, 9.17) is 10.2 Å². The summed E-state index contributed by atoms with van der Waals surface area (Å²) in [6.45, 7) is 7.41. The highest BCUT2D eigenvalue weighted by Gasteiger charge is 2.44. The van der Waals surface area contributed by atoms with Crippen molar-refractivity contribution in [1.82, 2.24) is 4.90 Å². The summed E-state index contributed by atoms with van der Waals surface area (Å²) in [5.41, 5.74) is 5.93. The number of carbonyl (C=O) groups excluding carboxylic acids is 1. The van der Waals surface area contributed by atoms with Gasteiger partial charge in [-0.1, -0.05) is 20.8 Å². The van der Waals surface area contributed by atoms with Gasteiger partial charge in [0.25, 0.3) is 5.91 Å². The predicted molar refractivity (Wildman–Crippen MR) is 65.7 cm³/mol. The second kappa shape index (κ2) is 4.18. The van der Waals surface area contributed by atoms with Gasteiger partial charge in [-0.25, -0.2) is 0 Å². The van der Waals surface area contributed by atoms with Crippen molar-refractivity contribution in [2.75, 3.05) is 13.1 Å². The Balaban J connectivity index is 2.00. The number of hydrogen-bond acceptors (Lipinski definition) is 3. The number of carbonyl (C=O) groups is 1. The van der Waals surface area contributed by atoms with Gasteiger partial charge in [-0.15, -0.1) is 0 Å². The Bertz CT molecular complexity index is 417. The molecule has 1 aromatic rings. The highest BCUT2D eigenvalue weighted by atomic mass is 16.4. The lowest BCUT2D eigenvalue weighted by Crippen LogP contribution is -2.71. The van der Waals surface area contributed by atoms with Gasteiger partial charge < -0.3 is 15.1 Å². The molecule has 17 heavy (non-hydrogen) atoms. The van der Waals surface area contributed by atoms with E-state index in [0.29, 0.717) is 24.8 Å². The Kier molecular flexibility index (Phi) is 3.00. The Morgan fingerprint density at radius 1 is 1.53 bits per heavy atom. The molecule has 0 spiro atoms. The molecule has 1 fully saturated rings. The fourth-order valence-electron chi connectivity index (χ4n) is 2.01. The molecule has 0 aromatic carbocycles. The maximum atomic E-state index is 12.0. The molecule has 0 aliphatic carbocycles. The molecule has 2 N–H and O–H groups in total. The number of rotatable bonds is 3. The van der Waals surface area contributed by atoms with Crippen molar-refractivity contribution in [3.05, 3.63) is 23.7 Å². The van der Waals surface area contributed by atoms with Crippen LogP contribution in [0.2, 0.25) is 0 Å². The molecule has 1 aliphatic heterocycles. The Morgan fingerprint density at radius 3 is 2.65 bits per heavy atom. The van der Waals surface area contributed by atoms with Gasteiger partial charge in [0, 0.05) is 19.5 Å². The van der Waals surface area contributed by atoms with Crippen molar-refractivity contribution in [2.45, 2.75) is 32.7 Å². The molecule has 1 amide bonds. The van der Waals surface area contributed by atoms with Crippen molar-refractivity contribution in [3.8, 4) is 0 Å². The average Bonchev–Trinajstić information content (AvgIpc) is 2.71. The van der Waals surface area contributed by atoms with Gasteiger partial charge in [0.2, 0.25) is 0 Å². The fourth-order valence-corrected chi connectivity index (χ4v) is 2.01. The normalized spacial score (nSPS) is 18.3. The zero-order valence-corrected chi connectivity index (χ0v) is 10.7. The first-order valence-corrected chi connectivity index (χ1v) is 6.13. The van der Waals surface area contributed by atoms with Crippen molar-refractivity contribution in [2.24, 2.45) is 11.7 Å². The van der Waals surface area contributed by atoms with Gasteiger partial charge in [-0.2, -0.15) is 0 Å². The van der Waals surface area contributed by atoms with E-state index in [-0.39, 0.29) is 11.4 Å². The molecule has 0 radical (unpaired) electrons. The molecular weight excluding hydrogens is 216 g/mol. The summed E-state index contributed by atoms with van der Waals surface area (Å²) in [4.78, 5) is 13.8. The molecule has 0 unspecified atom stereocenters. The minimum absolute atomic E-state index is 0.0496. The maximum absolute atomic E-state index is 12.0. The van der Waals surface area contributed by atoms with Crippen LogP contribution in [0.1, 0.15) is 37.1 Å². The van der Waals surface area contributed by atoms with Gasteiger partial charge in [0.15, 0.2) is 5.76 Å². The predicted octanol–water partition coefficient (Wildman–Crippen LogP) is 1.65. The Morgan fingerprint density at radius 2 is 2.18 bits per heavy atom. The van der Waals surface area contributed by atoms with Gasteiger partial charge in [0.1, 0.15) is 5.76 Å². The topological polar surface area (TPSA) is 59.5 Å². The average molecular weight is 236 g/mol. The summed E-state index contributed by atoms with van der Waals surface area (Å²) >= 11 is 0. The maximum Gasteiger partial charge on any atom is 0.289 e. The number of likely N-dealkylation sites (tertiary alicyclic amines) is 1. The van der Waals surface area contributed by atoms with Crippen molar-refractivity contribution < 1.29 is 9.21 Å². The van der Waals surface area contributed by atoms with E-state index in [0.717, 1.165) is 12.2 Å². The van der Waals surface area contributed by atoms with E-state index in [1.165, 1.54) is 0 Å². The standard InChI is InChI=1S/C13H20N2O2/c1-4-10-5-6-11(17-10)12(16)15-7-13(14,8-15)9(2)3/h5-6,9H,4,7-8,14H2,1-3H3. The molecule has 94 valence electrons. The van der Waals surface area contributed by atoms with E-state index >= 15 is 0 Å². The lowest BCUT2D eigenvalue weighted by Gasteiger charge is -2.50. The van der Waals surface area contributed by atoms with Gasteiger partial charge >= 0.3 is 0 Å². The van der Waals surface area contributed by atoms with Crippen LogP contribution in [0.15, 0.2) is 16.5 Å². The highest BCUT2D eigenvalue weighted by molar-refractivity contribution is 5.92. The molecule has 1 aromatic heterocycles. The van der Waals surface area contributed by atoms with Gasteiger partial charge in [-0.05, 0) is 18.1 Å². The number of hydrogen-bond donors (Lipinski definition) is 1. The molecular formula is C13H20N2O2. The van der Waals surface area contributed by atoms with Gasteiger partial charge in [0.05, 0.1) is 5.54 Å². The first kappa shape index (κ1) is 12.2. The smallest absolute Gasteiger partial charge is 0.289 e. The Labute approximate surface area is 102 Å². The van der Waals surface area contributed by atoms with Crippen LogP contribution < -0.4 is 5.73 Å². The zero-order valence-electron chi connectivity index (χ0n) is 10.7. The lowest BCUT2D eigenvalue weighted by atomic mass is 9.80. The summed E-state index contributed by atoms with van der Waals surface area (Å²) in [7, 11) is 0. The van der Waals surface area contributed by atoms with Crippen molar-refractivity contribution >= 4 is 5.91 Å². The highest BCUT2D eigenvalue weighted by Crippen LogP contribution is 2.27. The molecule has 1 aliphatic rings. The number of nitrogens with zero attached hydrogens (tertiary/aromatic N) is 1. The third kappa shape index (κ3) is 2.09. The summed E-state index contributed by atoms with van der Waals surface area (Å²) in [6.07, 6.45) is 0.806. The summed E-state index contributed by atoms with van der Waals surface area (Å²) in [6, 6.07) is 3.60. The number of amides is 1. The molecule has 2 rings (SSSR count). The van der Waals surface area contributed by atoms with E-state index in [9.17, 15) is 4.79 Å². The van der Waals surface area contributed by atoms with E-state index in [1.807, 2.05) is 13.0 Å². The number of nitrogens with two attached hydrogens (primary N) is 1. The third-order valence-corrected chi connectivity index (χ3v) is 3.63. The lowest BCUT2D eigenvalue weighted by molar-refractivity contribution is 0.0247. The molecule has 4 nitrogen and oxygen atoms in total. The van der Waals surface area contributed by atoms with Crippen molar-refractivity contribution in [3.63, 3.8) is 0 Å². The van der Waals surface area contributed by atoms with Crippen molar-refractivity contribution in [1.29, 1.82) is 0 Å². The first-order valence-electron chi connectivity index (χ1n) is 6.13. The molecule has 0 atom stereocenters. The second-order valence-corrected chi connectivity index (χ2v) is 5.17. The van der Waals surface area contributed by atoms with Crippen LogP contribution in [0.3, 0.4) is 0 Å². The molecule has 0 bridgehead atoms. The van der Waals surface area contributed by atoms with Crippen LogP contribution in [-0.2, 0) is 6.42 Å². The first-order chi connectivity index (χ1) is 7.96. The molecule has 0 saturated carbocycles. The van der Waals surface area contributed by atoms with Crippen LogP contribution >= 0.6 is 0 Å². The minimum Gasteiger partial charge on any atom is -0.456 e. The van der Waals surface area contributed by atoms with Crippen LogP contribution in [0.5, 0.6) is 0 Å². The van der Waals surface area contributed by atoms with Crippen LogP contribution in [0.25, 0.3) is 0 Å². The van der Waals surface area contributed by atoms with Gasteiger partial charge in [-0.3, -0.25) is 4.79 Å². The summed E-state index contributed by atoms with van der Waals surface area (Å²) in [5.74, 6) is 1.60. The third-order valence-electron chi connectivity index (χ3n) is 3.63. The monoisotopic (exact) mass is 236 g/mol. The minimum atomic E-state index is -0.226.